The molecule has 0 aliphatic rings. The first-order valence-corrected chi connectivity index (χ1v) is 6.81. The summed E-state index contributed by atoms with van der Waals surface area (Å²) >= 11 is 3.50. The third kappa shape index (κ3) is 2.34. The number of nitrogens with zero attached hydrogens (tertiary/aromatic N) is 1. The zero-order valence-corrected chi connectivity index (χ0v) is 12.1. The number of methoxy groups -OCH3 is 1. The maximum Gasteiger partial charge on any atom is 0.211 e. The Balaban J connectivity index is 2.21. The number of fused-ring (bicyclic) bond motifs is 1. The van der Waals surface area contributed by atoms with Crippen molar-refractivity contribution < 1.29 is 9.30 Å². The normalized spacial score (nSPS) is 10.6. The molecule has 1 aromatic heterocycles. The number of hydrogen-bond acceptors (Lipinski definition) is 1. The molecule has 0 atom stereocenters. The van der Waals surface area contributed by atoms with Crippen molar-refractivity contribution >= 4 is 26.7 Å². The van der Waals surface area contributed by atoms with Crippen LogP contribution in [0.1, 0.15) is 0 Å². The molecule has 0 aliphatic heterocycles. The molecule has 0 amide bonds. The van der Waals surface area contributed by atoms with Gasteiger partial charge in [-0.2, -0.15) is 4.57 Å². The van der Waals surface area contributed by atoms with Crippen LogP contribution < -0.4 is 9.30 Å². The standard InChI is InChI=1S/C16H13BrNO/c1-19-16-7-2-4-12-8-9-18(11-15(12)16)14-6-3-5-13(17)10-14/h2-11H,1H3/q+1. The fourth-order valence-corrected chi connectivity index (χ4v) is 2.55. The monoisotopic (exact) mass is 314 g/mol. The van der Waals surface area contributed by atoms with Crippen LogP contribution in [-0.4, -0.2) is 7.11 Å². The van der Waals surface area contributed by atoms with Gasteiger partial charge in [-0.15, -0.1) is 0 Å². The SMILES string of the molecule is COc1cccc2cc[n+](-c3cccc(Br)c3)cc12. The van der Waals surface area contributed by atoms with Crippen LogP contribution in [-0.2, 0) is 0 Å². The van der Waals surface area contributed by atoms with Crippen molar-refractivity contribution in [2.75, 3.05) is 7.11 Å². The van der Waals surface area contributed by atoms with Crippen LogP contribution in [0.15, 0.2) is 65.4 Å². The number of ether oxygens (including phenoxy) is 1. The van der Waals surface area contributed by atoms with E-state index in [0.717, 1.165) is 21.3 Å². The second kappa shape index (κ2) is 5.02. The Morgan fingerprint density at radius 2 is 1.89 bits per heavy atom. The zero-order valence-electron chi connectivity index (χ0n) is 10.5. The highest BCUT2D eigenvalue weighted by atomic mass is 79.9. The Labute approximate surface area is 120 Å². The number of aromatic nitrogens is 1. The fourth-order valence-electron chi connectivity index (χ4n) is 2.16. The predicted molar refractivity (Wildman–Crippen MR) is 79.7 cm³/mol. The van der Waals surface area contributed by atoms with Gasteiger partial charge in [0.05, 0.1) is 12.5 Å². The van der Waals surface area contributed by atoms with Gasteiger partial charge in [-0.3, -0.25) is 0 Å². The Kier molecular flexibility index (Phi) is 3.22. The van der Waals surface area contributed by atoms with Gasteiger partial charge in [-0.05, 0) is 17.5 Å². The molecule has 0 bridgehead atoms. The van der Waals surface area contributed by atoms with Crippen LogP contribution in [0.3, 0.4) is 0 Å². The highest BCUT2D eigenvalue weighted by Crippen LogP contribution is 2.23. The van der Waals surface area contributed by atoms with E-state index in [4.69, 9.17) is 4.74 Å². The van der Waals surface area contributed by atoms with Gasteiger partial charge in [0.25, 0.3) is 0 Å². The molecule has 0 radical (unpaired) electrons. The minimum atomic E-state index is 0.891. The van der Waals surface area contributed by atoms with E-state index in [1.54, 1.807) is 7.11 Å². The van der Waals surface area contributed by atoms with E-state index in [0.29, 0.717) is 0 Å². The van der Waals surface area contributed by atoms with E-state index >= 15 is 0 Å². The molecule has 0 saturated heterocycles. The number of rotatable bonds is 2. The van der Waals surface area contributed by atoms with E-state index in [-0.39, 0.29) is 0 Å². The molecule has 0 aliphatic carbocycles. The number of benzene rings is 2. The molecule has 94 valence electrons. The topological polar surface area (TPSA) is 13.1 Å². The lowest BCUT2D eigenvalue weighted by atomic mass is 10.1. The van der Waals surface area contributed by atoms with Gasteiger partial charge in [0.1, 0.15) is 5.75 Å². The minimum absolute atomic E-state index is 0.891. The van der Waals surface area contributed by atoms with Gasteiger partial charge >= 0.3 is 0 Å². The summed E-state index contributed by atoms with van der Waals surface area (Å²) in [6.45, 7) is 0. The van der Waals surface area contributed by atoms with Gasteiger partial charge in [-0.25, -0.2) is 0 Å². The van der Waals surface area contributed by atoms with Crippen LogP contribution in [0.5, 0.6) is 5.75 Å². The Bertz CT molecular complexity index is 740. The summed E-state index contributed by atoms with van der Waals surface area (Å²) in [6.07, 6.45) is 4.15. The molecule has 0 fully saturated rings. The highest BCUT2D eigenvalue weighted by Gasteiger charge is 2.10. The van der Waals surface area contributed by atoms with Crippen LogP contribution in [0.2, 0.25) is 0 Å². The molecular formula is C16H13BrNO+. The van der Waals surface area contributed by atoms with E-state index in [9.17, 15) is 0 Å². The van der Waals surface area contributed by atoms with Crippen LogP contribution in [0.25, 0.3) is 16.5 Å². The molecule has 1 heterocycles. The fraction of sp³-hybridized carbons (Fsp3) is 0.0625. The van der Waals surface area contributed by atoms with Crippen molar-refractivity contribution in [2.24, 2.45) is 0 Å². The summed E-state index contributed by atoms with van der Waals surface area (Å²) in [6, 6.07) is 16.4. The number of halogens is 1. The smallest absolute Gasteiger partial charge is 0.211 e. The third-order valence-electron chi connectivity index (χ3n) is 3.11. The largest absolute Gasteiger partial charge is 0.496 e. The molecule has 2 aromatic carbocycles. The van der Waals surface area contributed by atoms with Crippen LogP contribution in [0.4, 0.5) is 0 Å². The molecule has 0 saturated carbocycles. The van der Waals surface area contributed by atoms with Crippen molar-refractivity contribution in [3.63, 3.8) is 0 Å². The van der Waals surface area contributed by atoms with Crippen molar-refractivity contribution in [1.29, 1.82) is 0 Å². The molecule has 0 N–H and O–H groups in total. The molecule has 2 nitrogen and oxygen atoms in total. The van der Waals surface area contributed by atoms with Gasteiger partial charge < -0.3 is 4.74 Å². The van der Waals surface area contributed by atoms with E-state index in [1.807, 2.05) is 24.3 Å². The zero-order chi connectivity index (χ0) is 13.2. The Hall–Kier alpha value is -1.87. The maximum absolute atomic E-state index is 5.42. The lowest BCUT2D eigenvalue weighted by Gasteiger charge is -2.04. The van der Waals surface area contributed by atoms with Crippen LogP contribution in [0, 0.1) is 0 Å². The van der Waals surface area contributed by atoms with E-state index in [1.165, 1.54) is 5.39 Å². The van der Waals surface area contributed by atoms with Crippen molar-refractivity contribution in [3.8, 4) is 11.4 Å². The van der Waals surface area contributed by atoms with Gasteiger partial charge in [0.15, 0.2) is 12.4 Å². The van der Waals surface area contributed by atoms with Crippen molar-refractivity contribution in [2.45, 2.75) is 0 Å². The first-order valence-electron chi connectivity index (χ1n) is 6.02. The van der Waals surface area contributed by atoms with E-state index in [2.05, 4.69) is 57.2 Å². The Morgan fingerprint density at radius 3 is 2.68 bits per heavy atom. The number of pyridine rings is 1. The highest BCUT2D eigenvalue weighted by molar-refractivity contribution is 9.10. The lowest BCUT2D eigenvalue weighted by Crippen LogP contribution is -2.29. The molecule has 3 heteroatoms. The number of hydrogen-bond donors (Lipinski definition) is 0. The molecule has 0 unspecified atom stereocenters. The van der Waals surface area contributed by atoms with E-state index < -0.39 is 0 Å². The quantitative estimate of drug-likeness (QED) is 0.654. The first-order chi connectivity index (χ1) is 9.28. The van der Waals surface area contributed by atoms with Crippen molar-refractivity contribution in [1.82, 2.24) is 0 Å². The summed E-state index contributed by atoms with van der Waals surface area (Å²) in [5, 5.41) is 2.28. The molecule has 0 spiro atoms. The van der Waals surface area contributed by atoms with Gasteiger partial charge in [0, 0.05) is 22.7 Å². The molecule has 3 rings (SSSR count). The summed E-state index contributed by atoms with van der Waals surface area (Å²) in [5.74, 6) is 0.891. The van der Waals surface area contributed by atoms with Gasteiger partial charge in [0.2, 0.25) is 5.69 Å². The second-order valence-corrected chi connectivity index (χ2v) is 5.21. The summed E-state index contributed by atoms with van der Waals surface area (Å²) in [5.41, 5.74) is 1.11. The third-order valence-corrected chi connectivity index (χ3v) is 3.60. The second-order valence-electron chi connectivity index (χ2n) is 4.30. The first kappa shape index (κ1) is 12.2. The summed E-state index contributed by atoms with van der Waals surface area (Å²) in [4.78, 5) is 0. The summed E-state index contributed by atoms with van der Waals surface area (Å²) in [7, 11) is 1.70. The maximum atomic E-state index is 5.42. The summed E-state index contributed by atoms with van der Waals surface area (Å²) < 4.78 is 8.58. The molecular weight excluding hydrogens is 302 g/mol. The lowest BCUT2D eigenvalue weighted by molar-refractivity contribution is -0.594. The minimum Gasteiger partial charge on any atom is -0.496 e. The average Bonchev–Trinajstić information content (AvgIpc) is 2.46. The van der Waals surface area contributed by atoms with Crippen LogP contribution >= 0.6 is 15.9 Å². The molecule has 19 heavy (non-hydrogen) atoms. The predicted octanol–water partition coefficient (Wildman–Crippen LogP) is 3.89. The van der Waals surface area contributed by atoms with Crippen molar-refractivity contribution in [3.05, 3.63) is 65.4 Å². The van der Waals surface area contributed by atoms with Gasteiger partial charge in [-0.1, -0.05) is 34.1 Å². The average molecular weight is 315 g/mol. The molecule has 3 aromatic rings. The Morgan fingerprint density at radius 1 is 1.05 bits per heavy atom.